The van der Waals surface area contributed by atoms with E-state index in [1.165, 1.54) is 16.7 Å². The molecule has 1 aromatic rings. The Kier molecular flexibility index (Phi) is 3.55. The van der Waals surface area contributed by atoms with Crippen molar-refractivity contribution in [3.8, 4) is 11.5 Å². The fraction of sp³-hybridized carbons (Fsp3) is 0.588. The predicted molar refractivity (Wildman–Crippen MR) is 89.5 cm³/mol. The van der Waals surface area contributed by atoms with Gasteiger partial charge in [0, 0.05) is 29.1 Å². The fourth-order valence-electron chi connectivity index (χ4n) is 3.12. The molecule has 0 fully saturated rings. The zero-order valence-electron chi connectivity index (χ0n) is 13.1. The fourth-order valence-corrected chi connectivity index (χ4v) is 3.46. The van der Waals surface area contributed by atoms with Crippen molar-refractivity contribution < 1.29 is 9.47 Å². The van der Waals surface area contributed by atoms with Gasteiger partial charge in [-0.25, -0.2) is 0 Å². The first-order valence-corrected chi connectivity index (χ1v) is 8.61. The van der Waals surface area contributed by atoms with E-state index in [9.17, 15) is 0 Å². The minimum atomic E-state index is -0.173. The molecule has 2 heterocycles. The lowest BCUT2D eigenvalue weighted by atomic mass is 9.85. The summed E-state index contributed by atoms with van der Waals surface area (Å²) in [5.74, 6) is 1.79. The summed E-state index contributed by atoms with van der Waals surface area (Å²) in [5.41, 5.74) is 3.56. The first-order chi connectivity index (χ1) is 9.87. The molecule has 1 unspecified atom stereocenters. The second-order valence-corrected chi connectivity index (χ2v) is 7.35. The van der Waals surface area contributed by atoms with Crippen molar-refractivity contribution >= 4 is 22.1 Å². The molecule has 0 spiro atoms. The smallest absolute Gasteiger partial charge is 0.166 e. The van der Waals surface area contributed by atoms with Gasteiger partial charge >= 0.3 is 0 Å². The number of halogens is 1. The molecule has 1 atom stereocenters. The minimum absolute atomic E-state index is 0.0697. The lowest BCUT2D eigenvalue weighted by Gasteiger charge is -2.28. The molecular formula is C17H22BrNO2. The average molecular weight is 352 g/mol. The zero-order valence-corrected chi connectivity index (χ0v) is 14.7. The van der Waals surface area contributed by atoms with Crippen LogP contribution in [0, 0.1) is 0 Å². The molecule has 4 heteroatoms. The number of hydrogen-bond acceptors (Lipinski definition) is 3. The maximum absolute atomic E-state index is 6.13. The summed E-state index contributed by atoms with van der Waals surface area (Å²) in [6.07, 6.45) is 3.86. The van der Waals surface area contributed by atoms with Crippen LogP contribution in [0.25, 0.3) is 0 Å². The Morgan fingerprint density at radius 3 is 2.76 bits per heavy atom. The quantitative estimate of drug-likeness (QED) is 0.772. The summed E-state index contributed by atoms with van der Waals surface area (Å²) in [5, 5.41) is 0.860. The highest BCUT2D eigenvalue weighted by atomic mass is 79.9. The van der Waals surface area contributed by atoms with Gasteiger partial charge in [-0.1, -0.05) is 15.9 Å². The molecular weight excluding hydrogens is 330 g/mol. The number of aliphatic imine (C=N–C) groups is 1. The van der Waals surface area contributed by atoms with E-state index < -0.39 is 0 Å². The molecule has 0 saturated carbocycles. The normalized spacial score (nSPS) is 25.2. The van der Waals surface area contributed by atoms with Crippen LogP contribution in [0.2, 0.25) is 0 Å². The molecule has 21 heavy (non-hydrogen) atoms. The summed E-state index contributed by atoms with van der Waals surface area (Å²) >= 11 is 3.58. The molecule has 0 aromatic heterocycles. The van der Waals surface area contributed by atoms with E-state index in [4.69, 9.17) is 14.5 Å². The van der Waals surface area contributed by atoms with E-state index in [1.54, 1.807) is 0 Å². The predicted octanol–water partition coefficient (Wildman–Crippen LogP) is 3.93. The summed E-state index contributed by atoms with van der Waals surface area (Å²) < 4.78 is 12.0. The number of rotatable bonds is 3. The Morgan fingerprint density at radius 2 is 2.10 bits per heavy atom. The van der Waals surface area contributed by atoms with Gasteiger partial charge < -0.3 is 9.47 Å². The van der Waals surface area contributed by atoms with Crippen molar-refractivity contribution in [2.24, 2.45) is 4.99 Å². The van der Waals surface area contributed by atoms with Gasteiger partial charge in [0.15, 0.2) is 11.5 Å². The molecule has 0 aliphatic carbocycles. The van der Waals surface area contributed by atoms with Crippen molar-refractivity contribution in [2.45, 2.75) is 51.7 Å². The summed E-state index contributed by atoms with van der Waals surface area (Å²) in [6, 6.07) is 2.14. The molecule has 2 aliphatic heterocycles. The lowest BCUT2D eigenvalue weighted by molar-refractivity contribution is 0.132. The first kappa shape index (κ1) is 14.9. The van der Waals surface area contributed by atoms with Gasteiger partial charge in [-0.15, -0.1) is 0 Å². The topological polar surface area (TPSA) is 30.8 Å². The van der Waals surface area contributed by atoms with Crippen molar-refractivity contribution in [2.75, 3.05) is 11.9 Å². The summed E-state index contributed by atoms with van der Waals surface area (Å²) in [7, 11) is 0. The van der Waals surface area contributed by atoms with Gasteiger partial charge in [-0.3, -0.25) is 4.99 Å². The highest BCUT2D eigenvalue weighted by molar-refractivity contribution is 9.09. The van der Waals surface area contributed by atoms with Crippen LogP contribution in [0.15, 0.2) is 11.1 Å². The van der Waals surface area contributed by atoms with Crippen molar-refractivity contribution in [3.05, 3.63) is 22.8 Å². The van der Waals surface area contributed by atoms with Gasteiger partial charge in [0.05, 0.1) is 12.1 Å². The Bertz CT molecular complexity index is 609. The maximum Gasteiger partial charge on any atom is 0.166 e. The number of hydrogen-bond donors (Lipinski definition) is 0. The van der Waals surface area contributed by atoms with Crippen LogP contribution >= 0.6 is 15.9 Å². The van der Waals surface area contributed by atoms with E-state index in [0.29, 0.717) is 6.61 Å². The third-order valence-corrected chi connectivity index (χ3v) is 5.33. The standard InChI is InChI=1S/C17H22BrNO2/c1-5-20-14-6-11-7-17(4,10-18)19-9-13(11)12-8-16(2,3)21-15(12)14/h6,9H,5,7-8,10H2,1-4H3. The largest absolute Gasteiger partial charge is 0.490 e. The van der Waals surface area contributed by atoms with Gasteiger partial charge in [-0.2, -0.15) is 0 Å². The second-order valence-electron chi connectivity index (χ2n) is 6.79. The van der Waals surface area contributed by atoms with E-state index in [-0.39, 0.29) is 11.1 Å². The lowest BCUT2D eigenvalue weighted by Crippen LogP contribution is -2.31. The Labute approximate surface area is 134 Å². The Morgan fingerprint density at radius 1 is 1.33 bits per heavy atom. The number of nitrogens with zero attached hydrogens (tertiary/aromatic N) is 1. The van der Waals surface area contributed by atoms with E-state index in [0.717, 1.165) is 29.7 Å². The van der Waals surface area contributed by atoms with Crippen LogP contribution in [0.4, 0.5) is 0 Å². The first-order valence-electron chi connectivity index (χ1n) is 7.49. The molecule has 0 amide bonds. The second kappa shape index (κ2) is 5.01. The zero-order chi connectivity index (χ0) is 15.3. The number of fused-ring (bicyclic) bond motifs is 3. The monoisotopic (exact) mass is 351 g/mol. The van der Waals surface area contributed by atoms with Crippen LogP contribution in [0.5, 0.6) is 11.5 Å². The van der Waals surface area contributed by atoms with E-state index in [2.05, 4.69) is 42.8 Å². The molecule has 114 valence electrons. The molecule has 0 radical (unpaired) electrons. The van der Waals surface area contributed by atoms with E-state index >= 15 is 0 Å². The Hall–Kier alpha value is -1.03. The van der Waals surface area contributed by atoms with Gasteiger partial charge in [-0.05, 0) is 45.7 Å². The van der Waals surface area contributed by atoms with Crippen LogP contribution in [0.1, 0.15) is 44.4 Å². The summed E-state index contributed by atoms with van der Waals surface area (Å²) in [4.78, 5) is 4.75. The molecule has 0 bridgehead atoms. The summed E-state index contributed by atoms with van der Waals surface area (Å²) in [6.45, 7) is 9.08. The SMILES string of the molecule is CCOc1cc2c(c3c1OC(C)(C)C3)C=NC(C)(CBr)C2. The maximum atomic E-state index is 6.13. The van der Waals surface area contributed by atoms with Crippen LogP contribution in [0.3, 0.4) is 0 Å². The molecule has 0 N–H and O–H groups in total. The third-order valence-electron chi connectivity index (χ3n) is 4.12. The molecule has 0 saturated heterocycles. The Balaban J connectivity index is 2.12. The van der Waals surface area contributed by atoms with Crippen molar-refractivity contribution in [1.29, 1.82) is 0 Å². The number of alkyl halides is 1. The highest BCUT2D eigenvalue weighted by Crippen LogP contribution is 2.46. The number of ether oxygens (including phenoxy) is 2. The average Bonchev–Trinajstić information content (AvgIpc) is 2.75. The molecule has 1 aromatic carbocycles. The van der Waals surface area contributed by atoms with Gasteiger partial charge in [0.1, 0.15) is 5.60 Å². The van der Waals surface area contributed by atoms with Crippen LogP contribution in [-0.4, -0.2) is 29.3 Å². The third kappa shape index (κ3) is 2.59. The van der Waals surface area contributed by atoms with Crippen LogP contribution < -0.4 is 9.47 Å². The number of benzene rings is 1. The molecule has 3 rings (SSSR count). The molecule has 3 nitrogen and oxygen atoms in total. The van der Waals surface area contributed by atoms with Gasteiger partial charge in [0.2, 0.25) is 0 Å². The van der Waals surface area contributed by atoms with Crippen LogP contribution in [-0.2, 0) is 12.8 Å². The van der Waals surface area contributed by atoms with Crippen molar-refractivity contribution in [3.63, 3.8) is 0 Å². The minimum Gasteiger partial charge on any atom is -0.490 e. The molecule has 2 aliphatic rings. The highest BCUT2D eigenvalue weighted by Gasteiger charge is 2.37. The van der Waals surface area contributed by atoms with E-state index in [1.807, 2.05) is 13.1 Å². The van der Waals surface area contributed by atoms with Gasteiger partial charge in [0.25, 0.3) is 0 Å². The van der Waals surface area contributed by atoms with Crippen molar-refractivity contribution in [1.82, 2.24) is 0 Å².